The first-order valence-electron chi connectivity index (χ1n) is 18.3. The standard InChI is InChI=1S/C44H18F10O4.2CHCl3/c45-35-33(36(46)40(50)43(53)39(35)49)31-25-15-11-21(55-25)29(19-7-3-1-4-8-19)22-12-16-26(56-22)32(34-37(47)41(51)44(54)42(52)38(34)48)28-18-14-24(58-28)30(20-9-5-2-6-10-20)23-13-17-27(31)57-23;2*2-1(3)4/h1-18H;2*1H/b29-21-,29-22?,30-23?,30-24-,31-25+,31-27?,32-26?,32-28+;;. The highest BCUT2D eigenvalue weighted by molar-refractivity contribution is 6.63. The summed E-state index contributed by atoms with van der Waals surface area (Å²) in [6, 6.07) is 26.0. The van der Waals surface area contributed by atoms with E-state index in [1.807, 2.05) is 0 Å². The highest BCUT2D eigenvalue weighted by atomic mass is 35.6. The number of hydrogen-bond acceptors (Lipinski definition) is 4. The maximum absolute atomic E-state index is 15.7. The van der Waals surface area contributed by atoms with Crippen molar-refractivity contribution < 1.29 is 61.6 Å². The third kappa shape index (κ3) is 9.53. The highest BCUT2D eigenvalue weighted by Crippen LogP contribution is 2.36. The third-order valence-electron chi connectivity index (χ3n) is 9.44. The van der Waals surface area contributed by atoms with Crippen molar-refractivity contribution in [1.82, 2.24) is 0 Å². The second-order valence-corrected chi connectivity index (χ2v) is 17.2. The molecular formula is C46H20Cl6F10O4. The number of benzene rings is 4. The van der Waals surface area contributed by atoms with Crippen LogP contribution in [0.2, 0.25) is 0 Å². The number of halogens is 16. The Bertz CT molecular complexity index is 3080. The first-order valence-corrected chi connectivity index (χ1v) is 20.9. The second kappa shape index (κ2) is 20.2. The largest absolute Gasteiger partial charge is 0.456 e. The summed E-state index contributed by atoms with van der Waals surface area (Å²) in [7, 11) is 0. The predicted molar refractivity (Wildman–Crippen MR) is 228 cm³/mol. The van der Waals surface area contributed by atoms with Gasteiger partial charge in [-0.2, -0.15) is 0 Å². The SMILES string of the molecule is ClC(Cl)Cl.ClC(Cl)Cl.Fc1c(F)c(F)c(/C2=c3\cc/c(o3)=C(\c3ccccc3)c3ccc(o3)/C(c3c(F)c(F)c(F)c(F)c3F)=c3/cc/c(o3)=C(\c3ccccc3)c3ccc2o3)c(F)c1F. The molecule has 5 heterocycles. The zero-order valence-electron chi connectivity index (χ0n) is 32.2. The van der Waals surface area contributed by atoms with Crippen LogP contribution in [0.3, 0.4) is 0 Å². The first kappa shape index (κ1) is 48.5. The van der Waals surface area contributed by atoms with Gasteiger partial charge in [-0.3, -0.25) is 0 Å². The molecule has 0 radical (unpaired) electrons. The molecule has 8 bridgehead atoms. The van der Waals surface area contributed by atoms with Gasteiger partial charge in [-0.05, 0) is 59.7 Å². The molecule has 0 spiro atoms. The van der Waals surface area contributed by atoms with E-state index in [1.54, 1.807) is 60.7 Å². The maximum atomic E-state index is 15.7. The van der Waals surface area contributed by atoms with Crippen LogP contribution >= 0.6 is 69.6 Å². The molecular weight excluding hydrogens is 1020 g/mol. The Morgan fingerprint density at radius 1 is 0.273 bits per heavy atom. The Balaban J connectivity index is 0.000000751. The van der Waals surface area contributed by atoms with E-state index in [0.717, 1.165) is 0 Å². The van der Waals surface area contributed by atoms with E-state index in [4.69, 9.17) is 87.3 Å². The summed E-state index contributed by atoms with van der Waals surface area (Å²) < 4.78 is 174. The highest BCUT2D eigenvalue weighted by Gasteiger charge is 2.33. The normalized spacial score (nSPS) is 15.7. The van der Waals surface area contributed by atoms with Gasteiger partial charge in [0.2, 0.25) is 11.6 Å². The third-order valence-corrected chi connectivity index (χ3v) is 9.44. The van der Waals surface area contributed by atoms with Crippen LogP contribution in [0.1, 0.15) is 45.3 Å². The molecule has 0 N–H and O–H groups in total. The molecule has 20 heteroatoms. The van der Waals surface area contributed by atoms with Crippen molar-refractivity contribution in [1.29, 1.82) is 0 Å². The average Bonchev–Trinajstić information content (AvgIpc) is 4.14. The van der Waals surface area contributed by atoms with Crippen molar-refractivity contribution >= 4 is 91.9 Å². The van der Waals surface area contributed by atoms with Gasteiger partial charge >= 0.3 is 0 Å². The van der Waals surface area contributed by atoms with Crippen LogP contribution in [-0.4, -0.2) is 8.59 Å². The molecule has 8 aromatic rings. The zero-order chi connectivity index (χ0) is 47.7. The lowest BCUT2D eigenvalue weighted by Crippen LogP contribution is -2.15. The lowest BCUT2D eigenvalue weighted by atomic mass is 10.0. The molecule has 4 nitrogen and oxygen atoms in total. The van der Waals surface area contributed by atoms with Crippen LogP contribution in [0.5, 0.6) is 0 Å². The molecule has 4 aromatic heterocycles. The van der Waals surface area contributed by atoms with Crippen molar-refractivity contribution in [3.05, 3.63) is 234 Å². The van der Waals surface area contributed by atoms with Crippen molar-refractivity contribution in [3.8, 4) is 0 Å². The van der Waals surface area contributed by atoms with Crippen molar-refractivity contribution in [3.63, 3.8) is 0 Å². The molecule has 66 heavy (non-hydrogen) atoms. The molecule has 0 atom stereocenters. The van der Waals surface area contributed by atoms with Gasteiger partial charge < -0.3 is 17.7 Å². The minimum atomic E-state index is -2.39. The average molecular weight is 1040 g/mol. The van der Waals surface area contributed by atoms with Gasteiger partial charge in [0, 0.05) is 0 Å². The number of hydrogen-bond donors (Lipinski definition) is 0. The van der Waals surface area contributed by atoms with E-state index in [1.165, 1.54) is 48.5 Å². The molecule has 0 fully saturated rings. The maximum Gasteiger partial charge on any atom is 0.200 e. The van der Waals surface area contributed by atoms with Crippen LogP contribution in [0.25, 0.3) is 22.3 Å². The molecule has 0 aliphatic carbocycles. The first-order chi connectivity index (χ1) is 31.4. The minimum absolute atomic E-state index is 0.0682. The smallest absolute Gasteiger partial charge is 0.200 e. The number of rotatable bonds is 4. The predicted octanol–water partition coefficient (Wildman–Crippen LogP) is 12.7. The van der Waals surface area contributed by atoms with Crippen LogP contribution in [0.4, 0.5) is 43.9 Å². The van der Waals surface area contributed by atoms with Gasteiger partial charge in [-0.15, -0.1) is 0 Å². The molecule has 4 aromatic carbocycles. The lowest BCUT2D eigenvalue weighted by Gasteiger charge is -2.11. The monoisotopic (exact) mass is 1040 g/mol. The molecule has 0 saturated carbocycles. The van der Waals surface area contributed by atoms with Gasteiger partial charge in [0.15, 0.2) is 55.1 Å². The lowest BCUT2D eigenvalue weighted by molar-refractivity contribution is 0.375. The summed E-state index contributed by atoms with van der Waals surface area (Å²) in [5.41, 5.74) is -4.41. The topological polar surface area (TPSA) is 52.6 Å². The van der Waals surface area contributed by atoms with E-state index in [-0.39, 0.29) is 33.5 Å². The molecule has 340 valence electrons. The van der Waals surface area contributed by atoms with Crippen LogP contribution < -0.4 is 21.7 Å². The van der Waals surface area contributed by atoms with Crippen LogP contribution in [0.15, 0.2) is 127 Å². The van der Waals surface area contributed by atoms with E-state index >= 15 is 17.6 Å². The summed E-state index contributed by atoms with van der Waals surface area (Å²) in [5.74, 6) is -23.6. The van der Waals surface area contributed by atoms with E-state index in [0.29, 0.717) is 11.1 Å². The van der Waals surface area contributed by atoms with Crippen LogP contribution in [-0.2, 0) is 0 Å². The van der Waals surface area contributed by atoms with Crippen LogP contribution in [0, 0.1) is 58.2 Å². The Kier molecular flexibility index (Phi) is 14.8. The fourth-order valence-electron chi connectivity index (χ4n) is 6.83. The number of fused-ring (bicyclic) bond motifs is 8. The summed E-state index contributed by atoms with van der Waals surface area (Å²) >= 11 is 28.8. The fourth-order valence-corrected chi connectivity index (χ4v) is 6.83. The van der Waals surface area contributed by atoms with Gasteiger partial charge in [-0.1, -0.05) is 130 Å². The Morgan fingerprint density at radius 2 is 0.500 bits per heavy atom. The molecule has 0 amide bonds. The van der Waals surface area contributed by atoms with Crippen molar-refractivity contribution in [2.24, 2.45) is 0 Å². The quantitative estimate of drug-likeness (QED) is 0.0763. The second-order valence-electron chi connectivity index (χ2n) is 13.3. The van der Waals surface area contributed by atoms with E-state index in [9.17, 15) is 26.3 Å². The Labute approximate surface area is 394 Å². The summed E-state index contributed by atoms with van der Waals surface area (Å²) in [4.78, 5) is 0. The van der Waals surface area contributed by atoms with Gasteiger partial charge in [0.05, 0.1) is 33.4 Å². The van der Waals surface area contributed by atoms with E-state index < -0.39 is 111 Å². The number of alkyl halides is 6. The molecule has 0 saturated heterocycles. The fraction of sp³-hybridized carbons (Fsp3) is 0.0435. The number of furan rings is 4. The van der Waals surface area contributed by atoms with Gasteiger partial charge in [0.25, 0.3) is 0 Å². The minimum Gasteiger partial charge on any atom is -0.456 e. The van der Waals surface area contributed by atoms with E-state index in [2.05, 4.69) is 0 Å². The summed E-state index contributed by atoms with van der Waals surface area (Å²) in [6.45, 7) is 0. The Morgan fingerprint density at radius 3 is 0.773 bits per heavy atom. The summed E-state index contributed by atoms with van der Waals surface area (Å²) in [5, 5.41) is 0. The zero-order valence-corrected chi connectivity index (χ0v) is 36.8. The summed E-state index contributed by atoms with van der Waals surface area (Å²) in [6.07, 6.45) is 0. The molecule has 1 aliphatic heterocycles. The van der Waals surface area contributed by atoms with Gasteiger partial charge in [0.1, 0.15) is 44.7 Å². The van der Waals surface area contributed by atoms with Crippen molar-refractivity contribution in [2.75, 3.05) is 0 Å². The molecule has 0 unspecified atom stereocenters. The van der Waals surface area contributed by atoms with Crippen molar-refractivity contribution in [2.45, 2.75) is 8.59 Å². The van der Waals surface area contributed by atoms with Gasteiger partial charge in [-0.25, -0.2) is 43.9 Å². The molecule has 1 aliphatic rings. The molecule has 9 rings (SSSR count). The Hall–Kier alpha value is -5.48.